The third-order valence-electron chi connectivity index (χ3n) is 5.22. The van der Waals surface area contributed by atoms with Crippen molar-refractivity contribution >= 4 is 0 Å². The van der Waals surface area contributed by atoms with E-state index in [0.717, 1.165) is 13.0 Å². The number of allylic oxidation sites excluding steroid dienone is 1. The van der Waals surface area contributed by atoms with Crippen molar-refractivity contribution in [2.75, 3.05) is 13.7 Å². The zero-order valence-electron chi connectivity index (χ0n) is 13.7. The predicted molar refractivity (Wildman–Crippen MR) is 90.5 cm³/mol. The van der Waals surface area contributed by atoms with Crippen LogP contribution < -0.4 is 0 Å². The summed E-state index contributed by atoms with van der Waals surface area (Å²) in [4.78, 5) is 0. The first-order valence-electron chi connectivity index (χ1n) is 8.46. The van der Waals surface area contributed by atoms with Gasteiger partial charge in [0.15, 0.2) is 0 Å². The summed E-state index contributed by atoms with van der Waals surface area (Å²) >= 11 is 0. The van der Waals surface area contributed by atoms with Crippen molar-refractivity contribution in [1.82, 2.24) is 0 Å². The van der Waals surface area contributed by atoms with Crippen molar-refractivity contribution < 1.29 is 4.74 Å². The number of hydrogen-bond acceptors (Lipinski definition) is 1. The van der Waals surface area contributed by atoms with Crippen LogP contribution in [0.5, 0.6) is 0 Å². The minimum Gasteiger partial charge on any atom is -0.384 e. The Hall–Kier alpha value is -1.08. The molecule has 1 heteroatoms. The average Bonchev–Trinajstić information content (AvgIpc) is 3.13. The van der Waals surface area contributed by atoms with Crippen molar-refractivity contribution in [3.8, 4) is 0 Å². The molecule has 1 aliphatic rings. The number of ether oxygens (including phenoxy) is 1. The molecule has 1 aromatic rings. The van der Waals surface area contributed by atoms with Gasteiger partial charge in [-0.3, -0.25) is 0 Å². The maximum absolute atomic E-state index is 5.51. The number of methoxy groups -OCH3 is 1. The van der Waals surface area contributed by atoms with E-state index in [2.05, 4.69) is 49.9 Å². The van der Waals surface area contributed by atoms with Gasteiger partial charge in [0.05, 0.1) is 6.61 Å². The first kappa shape index (κ1) is 16.3. The van der Waals surface area contributed by atoms with E-state index in [4.69, 9.17) is 4.74 Å². The van der Waals surface area contributed by atoms with Crippen LogP contribution in [-0.2, 0) is 10.2 Å². The molecule has 0 bridgehead atoms. The number of rotatable bonds is 10. The summed E-state index contributed by atoms with van der Waals surface area (Å²) in [6.07, 6.45) is 9.83. The number of hydrogen-bond donors (Lipinski definition) is 0. The van der Waals surface area contributed by atoms with Gasteiger partial charge in [0.1, 0.15) is 0 Å². The van der Waals surface area contributed by atoms with Gasteiger partial charge >= 0.3 is 0 Å². The van der Waals surface area contributed by atoms with E-state index >= 15 is 0 Å². The number of benzene rings is 1. The maximum atomic E-state index is 5.51. The van der Waals surface area contributed by atoms with E-state index in [1.165, 1.54) is 37.7 Å². The average molecular weight is 286 g/mol. The van der Waals surface area contributed by atoms with Crippen LogP contribution in [0, 0.1) is 11.8 Å². The van der Waals surface area contributed by atoms with Gasteiger partial charge in [-0.2, -0.15) is 0 Å². The highest BCUT2D eigenvalue weighted by Gasteiger charge is 2.63. The Morgan fingerprint density at radius 1 is 1.14 bits per heavy atom. The Morgan fingerprint density at radius 2 is 1.90 bits per heavy atom. The molecule has 1 aliphatic carbocycles. The molecule has 0 heterocycles. The molecule has 0 unspecified atom stereocenters. The largest absolute Gasteiger partial charge is 0.384 e. The number of unbranched alkanes of at least 4 members (excludes halogenated alkanes) is 3. The minimum absolute atomic E-state index is 0.333. The van der Waals surface area contributed by atoms with Gasteiger partial charge in [0, 0.05) is 12.5 Å². The lowest BCUT2D eigenvalue weighted by Crippen LogP contribution is -2.14. The fourth-order valence-electron chi connectivity index (χ4n) is 4.14. The van der Waals surface area contributed by atoms with Gasteiger partial charge in [-0.15, -0.1) is 6.58 Å². The molecule has 0 amide bonds. The second-order valence-electron chi connectivity index (χ2n) is 6.41. The summed E-state index contributed by atoms with van der Waals surface area (Å²) in [5.74, 6) is 1.36. The van der Waals surface area contributed by atoms with Crippen molar-refractivity contribution in [2.24, 2.45) is 11.8 Å². The quantitative estimate of drug-likeness (QED) is 0.415. The third-order valence-corrected chi connectivity index (χ3v) is 5.22. The lowest BCUT2D eigenvalue weighted by atomic mass is 9.85. The van der Waals surface area contributed by atoms with Crippen molar-refractivity contribution in [2.45, 2.75) is 50.9 Å². The van der Waals surface area contributed by atoms with Gasteiger partial charge in [-0.1, -0.05) is 69.0 Å². The summed E-state index contributed by atoms with van der Waals surface area (Å²) in [5, 5.41) is 0. The highest BCUT2D eigenvalue weighted by Crippen LogP contribution is 2.64. The van der Waals surface area contributed by atoms with Crippen LogP contribution in [-0.4, -0.2) is 13.7 Å². The summed E-state index contributed by atoms with van der Waals surface area (Å²) in [6.45, 7) is 7.12. The van der Waals surface area contributed by atoms with Crippen LogP contribution >= 0.6 is 0 Å². The molecule has 1 nitrogen and oxygen atoms in total. The molecule has 0 radical (unpaired) electrons. The molecule has 1 aromatic carbocycles. The predicted octanol–water partition coefficient (Wildman–Crippen LogP) is 5.36. The van der Waals surface area contributed by atoms with Gasteiger partial charge in [0.25, 0.3) is 0 Å². The van der Waals surface area contributed by atoms with Crippen molar-refractivity contribution in [3.05, 3.63) is 48.6 Å². The van der Waals surface area contributed by atoms with E-state index in [9.17, 15) is 0 Å². The fourth-order valence-corrected chi connectivity index (χ4v) is 4.14. The van der Waals surface area contributed by atoms with E-state index in [1.54, 1.807) is 0 Å². The Balaban J connectivity index is 2.16. The molecule has 1 saturated carbocycles. The summed E-state index contributed by atoms with van der Waals surface area (Å²) in [7, 11) is 1.83. The van der Waals surface area contributed by atoms with E-state index in [0.29, 0.717) is 17.3 Å². The molecule has 2 rings (SSSR count). The topological polar surface area (TPSA) is 9.23 Å². The molecule has 0 aliphatic heterocycles. The smallest absolute Gasteiger partial charge is 0.0502 e. The lowest BCUT2D eigenvalue weighted by molar-refractivity contribution is 0.174. The highest BCUT2D eigenvalue weighted by molar-refractivity contribution is 5.37. The molecule has 21 heavy (non-hydrogen) atoms. The molecule has 0 aromatic heterocycles. The highest BCUT2D eigenvalue weighted by atomic mass is 16.5. The van der Waals surface area contributed by atoms with E-state index in [-0.39, 0.29) is 0 Å². The SMILES string of the molecule is C=CC[C@@H]1[C@H](COC)[C@]1(CCCCCC)c1ccccc1. The van der Waals surface area contributed by atoms with E-state index in [1.807, 2.05) is 7.11 Å². The second-order valence-corrected chi connectivity index (χ2v) is 6.41. The van der Waals surface area contributed by atoms with E-state index < -0.39 is 0 Å². The Morgan fingerprint density at radius 3 is 2.52 bits per heavy atom. The van der Waals surface area contributed by atoms with Gasteiger partial charge in [-0.05, 0) is 30.2 Å². The minimum atomic E-state index is 0.333. The Labute approximate surface area is 130 Å². The van der Waals surface area contributed by atoms with Crippen LogP contribution in [0.3, 0.4) is 0 Å². The van der Waals surface area contributed by atoms with Crippen LogP contribution in [0.4, 0.5) is 0 Å². The Bertz CT molecular complexity index is 425. The molecule has 0 saturated heterocycles. The standard InChI is InChI=1S/C20H30O/c1-4-6-7-11-15-20(17-13-9-8-10-14-17)18(12-5-2)19(20)16-21-3/h5,8-10,13-14,18-19H,2,4,6-7,11-12,15-16H2,1,3H3/t18-,19+,20-/m1/s1. The van der Waals surface area contributed by atoms with Crippen LogP contribution in [0.1, 0.15) is 51.0 Å². The van der Waals surface area contributed by atoms with Crippen LogP contribution in [0.25, 0.3) is 0 Å². The summed E-state index contributed by atoms with van der Waals surface area (Å²) in [6, 6.07) is 11.1. The maximum Gasteiger partial charge on any atom is 0.0502 e. The molecule has 0 N–H and O–H groups in total. The fraction of sp³-hybridized carbons (Fsp3) is 0.600. The first-order chi connectivity index (χ1) is 10.3. The third kappa shape index (κ3) is 3.40. The Kier molecular flexibility index (Phi) is 6.05. The molecular weight excluding hydrogens is 256 g/mol. The molecule has 0 spiro atoms. The van der Waals surface area contributed by atoms with Crippen molar-refractivity contribution in [1.29, 1.82) is 0 Å². The summed E-state index contributed by atoms with van der Waals surface area (Å²) in [5.41, 5.74) is 1.84. The zero-order valence-corrected chi connectivity index (χ0v) is 13.7. The van der Waals surface area contributed by atoms with Crippen LogP contribution in [0.2, 0.25) is 0 Å². The van der Waals surface area contributed by atoms with Gasteiger partial charge in [0.2, 0.25) is 0 Å². The second kappa shape index (κ2) is 7.79. The van der Waals surface area contributed by atoms with Crippen molar-refractivity contribution in [3.63, 3.8) is 0 Å². The zero-order chi connectivity index (χ0) is 15.1. The monoisotopic (exact) mass is 286 g/mol. The normalized spacial score (nSPS) is 27.5. The van der Waals surface area contributed by atoms with Gasteiger partial charge < -0.3 is 4.74 Å². The first-order valence-corrected chi connectivity index (χ1v) is 8.46. The molecule has 1 fully saturated rings. The summed E-state index contributed by atoms with van der Waals surface area (Å²) < 4.78 is 5.51. The molecule has 3 atom stereocenters. The molecular formula is C20H30O. The molecule has 116 valence electrons. The van der Waals surface area contributed by atoms with Gasteiger partial charge in [-0.25, -0.2) is 0 Å². The van der Waals surface area contributed by atoms with Crippen LogP contribution in [0.15, 0.2) is 43.0 Å². The lowest BCUT2D eigenvalue weighted by Gasteiger charge is -2.19.